The summed E-state index contributed by atoms with van der Waals surface area (Å²) >= 11 is 1.31. The zero-order valence-corrected chi connectivity index (χ0v) is 20.6. The summed E-state index contributed by atoms with van der Waals surface area (Å²) in [6.45, 7) is 9.23. The zero-order valence-electron chi connectivity index (χ0n) is 19.7. The molecule has 0 radical (unpaired) electrons. The van der Waals surface area contributed by atoms with Crippen molar-refractivity contribution in [3.05, 3.63) is 62.8 Å². The number of Topliss-reactive ketones (excluding diaryl/α,β-unsaturated/α-hetero) is 1. The van der Waals surface area contributed by atoms with Gasteiger partial charge in [0.1, 0.15) is 5.00 Å². The maximum absolute atomic E-state index is 12.9. The van der Waals surface area contributed by atoms with Gasteiger partial charge in [0, 0.05) is 35.3 Å². The zero-order chi connectivity index (χ0) is 24.6. The second-order valence-electron chi connectivity index (χ2n) is 8.23. The van der Waals surface area contributed by atoms with E-state index in [0.29, 0.717) is 28.4 Å². The molecule has 1 aromatic carbocycles. The number of fused-ring (bicyclic) bond motifs is 1. The van der Waals surface area contributed by atoms with E-state index in [-0.39, 0.29) is 25.1 Å². The number of nitrogens with zero attached hydrogens (tertiary/aromatic N) is 1. The molecule has 0 unspecified atom stereocenters. The molecule has 3 heterocycles. The lowest BCUT2D eigenvalue weighted by Crippen LogP contribution is -2.17. The molecule has 2 aromatic heterocycles. The monoisotopic (exact) mass is 482 g/mol. The summed E-state index contributed by atoms with van der Waals surface area (Å²) in [6, 6.07) is 7.58. The van der Waals surface area contributed by atoms with Gasteiger partial charge >= 0.3 is 5.97 Å². The van der Waals surface area contributed by atoms with Gasteiger partial charge in [-0.2, -0.15) is 0 Å². The second kappa shape index (κ2) is 9.34. The molecule has 178 valence electrons. The normalized spacial score (nSPS) is 12.0. The summed E-state index contributed by atoms with van der Waals surface area (Å²) in [5.41, 5.74) is 4.25. The van der Waals surface area contributed by atoms with Crippen LogP contribution < -0.4 is 14.8 Å². The van der Waals surface area contributed by atoms with E-state index in [0.717, 1.165) is 33.1 Å². The molecule has 1 aliphatic heterocycles. The van der Waals surface area contributed by atoms with Gasteiger partial charge in [0.15, 0.2) is 18.1 Å². The van der Waals surface area contributed by atoms with Crippen LogP contribution in [0.25, 0.3) is 0 Å². The van der Waals surface area contributed by atoms with Gasteiger partial charge in [-0.15, -0.1) is 11.3 Å². The number of carbonyl (C=O) groups is 3. The Hall–Kier alpha value is -3.59. The molecular weight excluding hydrogens is 456 g/mol. The Bertz CT molecular complexity index is 1300. The molecule has 3 aromatic rings. The van der Waals surface area contributed by atoms with Crippen LogP contribution in [-0.2, 0) is 16.1 Å². The van der Waals surface area contributed by atoms with Crippen molar-refractivity contribution in [2.45, 2.75) is 41.2 Å². The lowest BCUT2D eigenvalue weighted by molar-refractivity contribution is -0.114. The van der Waals surface area contributed by atoms with Crippen LogP contribution in [0.2, 0.25) is 0 Å². The molecule has 34 heavy (non-hydrogen) atoms. The Kier molecular flexibility index (Phi) is 6.47. The predicted molar refractivity (Wildman–Crippen MR) is 128 cm³/mol. The van der Waals surface area contributed by atoms with E-state index < -0.39 is 5.97 Å². The molecule has 0 spiro atoms. The highest BCUT2D eigenvalue weighted by molar-refractivity contribution is 7.16. The topological polar surface area (TPSA) is 95.9 Å². The summed E-state index contributed by atoms with van der Waals surface area (Å²) in [5.74, 6) is 0.235. The van der Waals surface area contributed by atoms with Gasteiger partial charge in [-0.3, -0.25) is 9.59 Å². The molecule has 0 aliphatic carbocycles. The van der Waals surface area contributed by atoms with Crippen LogP contribution in [0.4, 0.5) is 5.00 Å². The van der Waals surface area contributed by atoms with Crippen molar-refractivity contribution in [1.82, 2.24) is 4.57 Å². The number of hydrogen-bond acceptors (Lipinski definition) is 7. The highest BCUT2D eigenvalue weighted by atomic mass is 32.1. The molecule has 1 amide bonds. The first kappa shape index (κ1) is 23.6. The van der Waals surface area contributed by atoms with Crippen LogP contribution in [0.1, 0.15) is 55.0 Å². The van der Waals surface area contributed by atoms with Gasteiger partial charge in [0.25, 0.3) is 0 Å². The fourth-order valence-corrected chi connectivity index (χ4v) is 5.04. The predicted octanol–water partition coefficient (Wildman–Crippen LogP) is 4.56. The number of amides is 1. The van der Waals surface area contributed by atoms with Gasteiger partial charge in [-0.05, 0) is 57.0 Å². The maximum atomic E-state index is 12.9. The number of aromatic nitrogens is 1. The number of hydrogen-bond donors (Lipinski definition) is 1. The van der Waals surface area contributed by atoms with Gasteiger partial charge in [-0.1, -0.05) is 6.07 Å². The van der Waals surface area contributed by atoms with Crippen molar-refractivity contribution in [3.8, 4) is 11.5 Å². The Morgan fingerprint density at radius 3 is 2.56 bits per heavy atom. The van der Waals surface area contributed by atoms with E-state index in [4.69, 9.17) is 14.2 Å². The van der Waals surface area contributed by atoms with E-state index in [1.165, 1.54) is 18.3 Å². The molecule has 9 heteroatoms. The Morgan fingerprint density at radius 1 is 1.09 bits per heavy atom. The fourth-order valence-electron chi connectivity index (χ4n) is 3.95. The van der Waals surface area contributed by atoms with E-state index in [1.807, 2.05) is 43.5 Å². The molecule has 8 nitrogen and oxygen atoms in total. The summed E-state index contributed by atoms with van der Waals surface area (Å²) in [4.78, 5) is 38.1. The number of benzene rings is 1. The van der Waals surface area contributed by atoms with Crippen molar-refractivity contribution >= 4 is 34.0 Å². The Morgan fingerprint density at radius 2 is 1.82 bits per heavy atom. The smallest absolute Gasteiger partial charge is 0.341 e. The maximum Gasteiger partial charge on any atom is 0.341 e. The van der Waals surface area contributed by atoms with E-state index in [2.05, 4.69) is 5.32 Å². The van der Waals surface area contributed by atoms with Crippen LogP contribution in [0.5, 0.6) is 11.5 Å². The van der Waals surface area contributed by atoms with Crippen molar-refractivity contribution < 1.29 is 28.6 Å². The summed E-state index contributed by atoms with van der Waals surface area (Å²) in [5, 5.41) is 3.10. The van der Waals surface area contributed by atoms with Gasteiger partial charge < -0.3 is 24.1 Å². The minimum Gasteiger partial charge on any atom is -0.454 e. The van der Waals surface area contributed by atoms with Crippen LogP contribution >= 0.6 is 11.3 Å². The van der Waals surface area contributed by atoms with Gasteiger partial charge in [0.2, 0.25) is 18.5 Å². The molecule has 0 saturated carbocycles. The first-order valence-electron chi connectivity index (χ1n) is 10.8. The average molecular weight is 483 g/mol. The first-order valence-corrected chi connectivity index (χ1v) is 11.6. The number of esters is 1. The molecule has 4 rings (SSSR count). The quantitative estimate of drug-likeness (QED) is 0.392. The van der Waals surface area contributed by atoms with Crippen LogP contribution in [0, 0.1) is 27.7 Å². The van der Waals surface area contributed by atoms with E-state index in [1.54, 1.807) is 13.0 Å². The van der Waals surface area contributed by atoms with Crippen LogP contribution in [0.3, 0.4) is 0 Å². The van der Waals surface area contributed by atoms with Crippen molar-refractivity contribution in [2.75, 3.05) is 18.7 Å². The molecule has 0 atom stereocenters. The highest BCUT2D eigenvalue weighted by Crippen LogP contribution is 2.34. The third-order valence-electron chi connectivity index (χ3n) is 5.87. The number of carbonyl (C=O) groups excluding carboxylic acids is 3. The van der Waals surface area contributed by atoms with Gasteiger partial charge in [0.05, 0.1) is 5.56 Å². The lowest BCUT2D eigenvalue weighted by Gasteiger charge is -2.11. The van der Waals surface area contributed by atoms with Crippen molar-refractivity contribution in [2.24, 2.45) is 0 Å². The van der Waals surface area contributed by atoms with Crippen LogP contribution in [-0.4, -0.2) is 35.6 Å². The number of nitrogens with one attached hydrogen (secondary N) is 1. The standard InChI is InChI=1S/C25H26N2O6S/c1-13-8-19(15(3)27(13)10-18-6-7-21-22(9-18)33-12-32-21)20(29)11-31-25(30)23-14(2)16(4)34-24(23)26-17(5)28/h6-9H,10-12H2,1-5H3,(H,26,28). The van der Waals surface area contributed by atoms with Crippen LogP contribution in [0.15, 0.2) is 24.3 Å². The lowest BCUT2D eigenvalue weighted by atomic mass is 10.1. The van der Waals surface area contributed by atoms with E-state index >= 15 is 0 Å². The minimum atomic E-state index is -0.631. The number of aryl methyl sites for hydroxylation is 2. The second-order valence-corrected chi connectivity index (χ2v) is 9.45. The summed E-state index contributed by atoms with van der Waals surface area (Å²) < 4.78 is 18.2. The number of anilines is 1. The third kappa shape index (κ3) is 4.56. The average Bonchev–Trinajstić information content (AvgIpc) is 3.44. The Balaban J connectivity index is 1.47. The number of rotatable bonds is 7. The molecule has 0 bridgehead atoms. The largest absolute Gasteiger partial charge is 0.454 e. The first-order chi connectivity index (χ1) is 16.2. The molecule has 0 fully saturated rings. The third-order valence-corrected chi connectivity index (χ3v) is 6.99. The summed E-state index contributed by atoms with van der Waals surface area (Å²) in [6.07, 6.45) is 0. The number of thiophene rings is 1. The van der Waals surface area contributed by atoms with E-state index in [9.17, 15) is 14.4 Å². The number of ether oxygens (including phenoxy) is 3. The SMILES string of the molecule is CC(=O)Nc1sc(C)c(C)c1C(=O)OCC(=O)c1cc(C)n(Cc2ccc3c(c2)OCO3)c1C. The highest BCUT2D eigenvalue weighted by Gasteiger charge is 2.24. The summed E-state index contributed by atoms with van der Waals surface area (Å²) in [7, 11) is 0. The van der Waals surface area contributed by atoms with Gasteiger partial charge in [-0.25, -0.2) is 4.79 Å². The minimum absolute atomic E-state index is 0.217. The molecule has 1 N–H and O–H groups in total. The Labute approximate surface area is 201 Å². The number of ketones is 1. The molecule has 1 aliphatic rings. The molecule has 0 saturated heterocycles. The van der Waals surface area contributed by atoms with Crippen molar-refractivity contribution in [1.29, 1.82) is 0 Å². The fraction of sp³-hybridized carbons (Fsp3) is 0.320. The van der Waals surface area contributed by atoms with Crippen molar-refractivity contribution in [3.63, 3.8) is 0 Å². The molecular formula is C25H26N2O6S.